The van der Waals surface area contributed by atoms with Crippen molar-refractivity contribution in [3.63, 3.8) is 0 Å². The van der Waals surface area contributed by atoms with Crippen LogP contribution in [0.15, 0.2) is 0 Å². The van der Waals surface area contributed by atoms with Gasteiger partial charge in [-0.1, -0.05) is 0 Å². The van der Waals surface area contributed by atoms with Gasteiger partial charge in [-0.05, 0) is 45.1 Å². The lowest BCUT2D eigenvalue weighted by Crippen LogP contribution is -2.50. The molecule has 0 aliphatic carbocycles. The molecule has 0 N–H and O–H groups in total. The second kappa shape index (κ2) is 7.19. The molecule has 3 heterocycles. The molecule has 9 heteroatoms. The van der Waals surface area contributed by atoms with Crippen LogP contribution in [0.2, 0.25) is 0 Å². The number of piperidine rings is 1. The minimum atomic E-state index is -3.29. The smallest absolute Gasteiger partial charge is 0.214 e. The molecular formula is C15H28N3O4S2. The maximum absolute atomic E-state index is 12.5. The van der Waals surface area contributed by atoms with Gasteiger partial charge in [-0.25, -0.2) is 16.8 Å². The highest BCUT2D eigenvalue weighted by Crippen LogP contribution is 2.34. The third-order valence-corrected chi connectivity index (χ3v) is 8.79. The lowest BCUT2D eigenvalue weighted by Gasteiger charge is -2.35. The molecule has 3 aliphatic rings. The fraction of sp³-hybridized carbons (Fsp3) is 0.933. The second-order valence-electron chi connectivity index (χ2n) is 7.11. The van der Waals surface area contributed by atoms with E-state index in [0.717, 1.165) is 19.4 Å². The summed E-state index contributed by atoms with van der Waals surface area (Å²) >= 11 is 0. The summed E-state index contributed by atoms with van der Waals surface area (Å²) in [5, 5.41) is 0. The molecule has 3 aliphatic heterocycles. The quantitative estimate of drug-likeness (QED) is 0.656. The van der Waals surface area contributed by atoms with Crippen molar-refractivity contribution in [1.82, 2.24) is 13.5 Å². The highest BCUT2D eigenvalue weighted by Gasteiger charge is 2.36. The number of hydrogen-bond acceptors (Lipinski definition) is 5. The first-order chi connectivity index (χ1) is 11.3. The maximum atomic E-state index is 12.5. The van der Waals surface area contributed by atoms with E-state index in [1.807, 2.05) is 0 Å². The Morgan fingerprint density at radius 2 is 1.46 bits per heavy atom. The average molecular weight is 379 g/mol. The van der Waals surface area contributed by atoms with Crippen LogP contribution in [0.4, 0.5) is 0 Å². The number of fused-ring (bicyclic) bond motifs is 2. The molecule has 3 saturated heterocycles. The Morgan fingerprint density at radius 3 is 2.00 bits per heavy atom. The van der Waals surface area contributed by atoms with E-state index in [4.69, 9.17) is 0 Å². The van der Waals surface area contributed by atoms with Crippen LogP contribution in [0, 0.1) is 6.42 Å². The van der Waals surface area contributed by atoms with Gasteiger partial charge in [0.25, 0.3) is 0 Å². The molecule has 0 amide bonds. The molecule has 2 atom stereocenters. The van der Waals surface area contributed by atoms with Crippen molar-refractivity contribution in [2.24, 2.45) is 0 Å². The van der Waals surface area contributed by atoms with E-state index >= 15 is 0 Å². The molecule has 7 nitrogen and oxygen atoms in total. The first-order valence-corrected chi connectivity index (χ1v) is 12.2. The van der Waals surface area contributed by atoms with E-state index < -0.39 is 20.0 Å². The zero-order chi connectivity index (χ0) is 17.4. The largest absolute Gasteiger partial charge is 0.297 e. The number of hydrogen-bond donors (Lipinski definition) is 0. The topological polar surface area (TPSA) is 78.0 Å². The highest BCUT2D eigenvalue weighted by atomic mass is 32.2. The number of nitrogens with zero attached hydrogens (tertiary/aromatic N) is 3. The Labute approximate surface area is 146 Å². The van der Waals surface area contributed by atoms with Gasteiger partial charge in [-0.3, -0.25) is 4.90 Å². The molecule has 139 valence electrons. The first-order valence-electron chi connectivity index (χ1n) is 8.78. The summed E-state index contributed by atoms with van der Waals surface area (Å²) in [5.41, 5.74) is 0. The van der Waals surface area contributed by atoms with Crippen LogP contribution in [0.3, 0.4) is 0 Å². The molecule has 0 aromatic carbocycles. The Hall–Kier alpha value is -0.220. The Balaban J connectivity index is 1.47. The van der Waals surface area contributed by atoms with Crippen LogP contribution in [-0.2, 0) is 20.0 Å². The minimum absolute atomic E-state index is 0.158. The van der Waals surface area contributed by atoms with Crippen molar-refractivity contribution in [2.75, 3.05) is 44.7 Å². The fourth-order valence-electron chi connectivity index (χ4n) is 4.21. The third-order valence-electron chi connectivity index (χ3n) is 5.53. The van der Waals surface area contributed by atoms with E-state index in [0.29, 0.717) is 18.5 Å². The average Bonchev–Trinajstić information content (AvgIpc) is 2.75. The summed E-state index contributed by atoms with van der Waals surface area (Å²) in [4.78, 5) is 2.50. The van der Waals surface area contributed by atoms with Crippen molar-refractivity contribution in [2.45, 2.75) is 44.2 Å². The van der Waals surface area contributed by atoms with Gasteiger partial charge in [0.1, 0.15) is 0 Å². The third kappa shape index (κ3) is 4.12. The molecule has 3 fully saturated rings. The van der Waals surface area contributed by atoms with Crippen molar-refractivity contribution in [1.29, 1.82) is 0 Å². The van der Waals surface area contributed by atoms with Crippen molar-refractivity contribution < 1.29 is 16.8 Å². The lowest BCUT2D eigenvalue weighted by atomic mass is 10.0. The second-order valence-corrected chi connectivity index (χ2v) is 11.2. The summed E-state index contributed by atoms with van der Waals surface area (Å²) in [7, 11) is -6.52. The van der Waals surface area contributed by atoms with Gasteiger partial charge in [0, 0.05) is 38.3 Å². The number of sulfonamides is 2. The maximum Gasteiger partial charge on any atom is 0.214 e. The Bertz CT molecular complexity index is 626. The molecular weight excluding hydrogens is 350 g/mol. The molecule has 0 unspecified atom stereocenters. The van der Waals surface area contributed by atoms with Gasteiger partial charge in [0.2, 0.25) is 20.0 Å². The summed E-state index contributed by atoms with van der Waals surface area (Å²) in [6.45, 7) is 1.89. The van der Waals surface area contributed by atoms with E-state index in [1.165, 1.54) is 27.7 Å². The van der Waals surface area contributed by atoms with Crippen molar-refractivity contribution in [3.8, 4) is 0 Å². The predicted molar refractivity (Wildman–Crippen MR) is 93.4 cm³/mol. The molecule has 0 aromatic heterocycles. The molecule has 0 aromatic rings. The van der Waals surface area contributed by atoms with Crippen LogP contribution in [-0.4, -0.2) is 87.2 Å². The fourth-order valence-corrected chi connectivity index (χ4v) is 6.50. The van der Waals surface area contributed by atoms with E-state index in [-0.39, 0.29) is 31.9 Å². The van der Waals surface area contributed by atoms with E-state index in [9.17, 15) is 16.8 Å². The predicted octanol–water partition coefficient (Wildman–Crippen LogP) is 0.115. The molecule has 0 saturated carbocycles. The van der Waals surface area contributed by atoms with Gasteiger partial charge >= 0.3 is 0 Å². The Morgan fingerprint density at radius 1 is 0.917 bits per heavy atom. The van der Waals surface area contributed by atoms with Crippen molar-refractivity contribution >= 4 is 20.0 Å². The van der Waals surface area contributed by atoms with E-state index in [2.05, 4.69) is 11.3 Å². The van der Waals surface area contributed by atoms with Gasteiger partial charge in [-0.2, -0.15) is 8.61 Å². The summed E-state index contributed by atoms with van der Waals surface area (Å²) < 4.78 is 50.8. The summed E-state index contributed by atoms with van der Waals surface area (Å²) in [5.74, 6) is 0.158. The monoisotopic (exact) mass is 378 g/mol. The molecule has 3 rings (SSSR count). The zero-order valence-electron chi connectivity index (χ0n) is 14.3. The lowest BCUT2D eigenvalue weighted by molar-refractivity contribution is 0.164. The Kier molecular flexibility index (Phi) is 5.56. The van der Waals surface area contributed by atoms with Crippen LogP contribution in [0.5, 0.6) is 0 Å². The van der Waals surface area contributed by atoms with Crippen LogP contribution >= 0.6 is 0 Å². The van der Waals surface area contributed by atoms with Gasteiger partial charge in [-0.15, -0.1) is 0 Å². The standard InChI is InChI=1S/C15H28N3O4S2/c1-23(19,20)16-9-11-17(12-10-16)24(21,22)13-3-8-18-14-4-2-5-15(18)7-6-14/h2,14-15H,3-13H2,1H3/t14-,15+. The zero-order valence-corrected chi connectivity index (χ0v) is 15.9. The molecule has 0 spiro atoms. The highest BCUT2D eigenvalue weighted by molar-refractivity contribution is 7.89. The van der Waals surface area contributed by atoms with Gasteiger partial charge in [0.05, 0.1) is 12.0 Å². The van der Waals surface area contributed by atoms with Gasteiger partial charge in [0.15, 0.2) is 0 Å². The van der Waals surface area contributed by atoms with Gasteiger partial charge < -0.3 is 0 Å². The van der Waals surface area contributed by atoms with Crippen LogP contribution in [0.25, 0.3) is 0 Å². The first kappa shape index (κ1) is 18.6. The summed E-state index contributed by atoms with van der Waals surface area (Å²) in [6, 6.07) is 1.23. The van der Waals surface area contributed by atoms with E-state index in [1.54, 1.807) is 0 Å². The van der Waals surface area contributed by atoms with Crippen LogP contribution < -0.4 is 0 Å². The molecule has 24 heavy (non-hydrogen) atoms. The number of piperazine rings is 1. The molecule has 1 radical (unpaired) electrons. The summed E-state index contributed by atoms with van der Waals surface area (Å²) in [6.07, 6.45) is 8.94. The molecule has 2 bridgehead atoms. The normalized spacial score (nSPS) is 30.7. The van der Waals surface area contributed by atoms with Crippen molar-refractivity contribution in [3.05, 3.63) is 6.42 Å². The number of rotatable bonds is 6. The minimum Gasteiger partial charge on any atom is -0.297 e. The SMILES string of the molecule is CS(=O)(=O)N1CCN(S(=O)(=O)CCCN2[C@@H]3C[CH]C[C@H]2CC3)CC1. The van der Waals surface area contributed by atoms with Crippen LogP contribution in [0.1, 0.15) is 32.1 Å².